The highest BCUT2D eigenvalue weighted by Gasteiger charge is 2.43. The normalized spacial score (nSPS) is 26.5. The molecule has 0 spiro atoms. The zero-order valence-electron chi connectivity index (χ0n) is 14.1. The van der Waals surface area contributed by atoms with Crippen molar-refractivity contribution in [3.8, 4) is 0 Å². The fraction of sp³-hybridized carbons (Fsp3) is 0.556. The summed E-state index contributed by atoms with van der Waals surface area (Å²) < 4.78 is 5.98. The quantitative estimate of drug-likeness (QED) is 0.893. The van der Waals surface area contributed by atoms with Gasteiger partial charge in [0, 0.05) is 5.69 Å². The van der Waals surface area contributed by atoms with Crippen LogP contribution in [0.4, 0.5) is 5.69 Å². The van der Waals surface area contributed by atoms with Crippen LogP contribution in [0, 0.1) is 5.92 Å². The second-order valence-corrected chi connectivity index (χ2v) is 6.93. The minimum Gasteiger partial charge on any atom is -0.369 e. The SMILES string of the molecule is C[C@]1(C2CCN(CC(N)=O)CC2)CN(c2ccccc2)C(=O)CO1. The average Bonchev–Trinajstić information content (AvgIpc) is 2.58. The molecule has 24 heavy (non-hydrogen) atoms. The maximum Gasteiger partial charge on any atom is 0.253 e. The first-order valence-corrected chi connectivity index (χ1v) is 8.48. The number of amides is 2. The Labute approximate surface area is 142 Å². The molecule has 130 valence electrons. The van der Waals surface area contributed by atoms with Crippen molar-refractivity contribution in [2.24, 2.45) is 11.7 Å². The number of piperidine rings is 1. The Kier molecular flexibility index (Phi) is 4.87. The summed E-state index contributed by atoms with van der Waals surface area (Å²) in [7, 11) is 0. The van der Waals surface area contributed by atoms with Gasteiger partial charge >= 0.3 is 0 Å². The number of anilines is 1. The fourth-order valence-electron chi connectivity index (χ4n) is 3.76. The van der Waals surface area contributed by atoms with Crippen molar-refractivity contribution in [1.29, 1.82) is 0 Å². The smallest absolute Gasteiger partial charge is 0.253 e. The standard InChI is InChI=1S/C18H25N3O3/c1-18(14-7-9-20(10-8-14)11-16(19)22)13-21(17(23)12-24-18)15-5-3-2-4-6-15/h2-6,14H,7-13H2,1H3,(H2,19,22)/t18-/m1/s1. The molecule has 2 fully saturated rings. The maximum atomic E-state index is 12.3. The molecule has 2 heterocycles. The zero-order valence-corrected chi connectivity index (χ0v) is 14.1. The van der Waals surface area contributed by atoms with E-state index >= 15 is 0 Å². The van der Waals surface area contributed by atoms with E-state index < -0.39 is 0 Å². The van der Waals surface area contributed by atoms with Crippen LogP contribution >= 0.6 is 0 Å². The Bertz CT molecular complexity index is 599. The second-order valence-electron chi connectivity index (χ2n) is 6.93. The van der Waals surface area contributed by atoms with Crippen molar-refractivity contribution in [1.82, 2.24) is 4.90 Å². The number of likely N-dealkylation sites (tertiary alicyclic amines) is 1. The molecule has 0 saturated carbocycles. The van der Waals surface area contributed by atoms with E-state index in [4.69, 9.17) is 10.5 Å². The summed E-state index contributed by atoms with van der Waals surface area (Å²) in [4.78, 5) is 27.3. The van der Waals surface area contributed by atoms with E-state index in [9.17, 15) is 9.59 Å². The van der Waals surface area contributed by atoms with Gasteiger partial charge in [-0.2, -0.15) is 0 Å². The van der Waals surface area contributed by atoms with Crippen LogP contribution in [0.15, 0.2) is 30.3 Å². The molecule has 0 radical (unpaired) electrons. The van der Waals surface area contributed by atoms with E-state index in [-0.39, 0.29) is 24.0 Å². The molecule has 6 heteroatoms. The van der Waals surface area contributed by atoms with Gasteiger partial charge in [0.05, 0.1) is 18.7 Å². The first-order valence-electron chi connectivity index (χ1n) is 8.48. The first-order chi connectivity index (χ1) is 11.5. The average molecular weight is 331 g/mol. The summed E-state index contributed by atoms with van der Waals surface area (Å²) in [6.45, 7) is 4.78. The molecule has 0 aliphatic carbocycles. The van der Waals surface area contributed by atoms with Gasteiger partial charge < -0.3 is 15.4 Å². The molecule has 2 amide bonds. The highest BCUT2D eigenvalue weighted by atomic mass is 16.5. The minimum absolute atomic E-state index is 0.00448. The van der Waals surface area contributed by atoms with Gasteiger partial charge in [0.1, 0.15) is 6.61 Å². The summed E-state index contributed by atoms with van der Waals surface area (Å²) in [5.74, 6) is 0.0835. The van der Waals surface area contributed by atoms with Crippen LogP contribution < -0.4 is 10.6 Å². The highest BCUT2D eigenvalue weighted by Crippen LogP contribution is 2.35. The third kappa shape index (κ3) is 3.60. The lowest BCUT2D eigenvalue weighted by atomic mass is 9.80. The van der Waals surface area contributed by atoms with Gasteiger partial charge in [0.15, 0.2) is 0 Å². The summed E-state index contributed by atoms with van der Waals surface area (Å²) >= 11 is 0. The van der Waals surface area contributed by atoms with Gasteiger partial charge in [0.25, 0.3) is 5.91 Å². The largest absolute Gasteiger partial charge is 0.369 e. The van der Waals surface area contributed by atoms with Gasteiger partial charge in [-0.25, -0.2) is 0 Å². The molecule has 0 unspecified atom stereocenters. The molecule has 0 aromatic heterocycles. The Balaban J connectivity index is 1.67. The summed E-state index contributed by atoms with van der Waals surface area (Å²) in [5.41, 5.74) is 5.84. The molecule has 2 N–H and O–H groups in total. The number of rotatable bonds is 4. The number of hydrogen-bond acceptors (Lipinski definition) is 4. The predicted molar refractivity (Wildman–Crippen MR) is 91.5 cm³/mol. The monoisotopic (exact) mass is 331 g/mol. The van der Waals surface area contributed by atoms with Crippen LogP contribution in [-0.4, -0.2) is 55.1 Å². The number of benzene rings is 1. The number of nitrogens with two attached hydrogens (primary N) is 1. The van der Waals surface area contributed by atoms with Gasteiger partial charge in [-0.15, -0.1) is 0 Å². The number of ether oxygens (including phenoxy) is 1. The molecule has 2 aliphatic heterocycles. The molecule has 6 nitrogen and oxygen atoms in total. The van der Waals surface area contributed by atoms with Gasteiger partial charge in [-0.1, -0.05) is 18.2 Å². The molecule has 2 saturated heterocycles. The Morgan fingerprint density at radius 1 is 1.29 bits per heavy atom. The lowest BCUT2D eigenvalue weighted by Gasteiger charge is -2.47. The number of para-hydroxylation sites is 1. The minimum atomic E-state index is -0.359. The van der Waals surface area contributed by atoms with E-state index in [1.54, 1.807) is 0 Å². The van der Waals surface area contributed by atoms with Crippen LogP contribution in [0.1, 0.15) is 19.8 Å². The van der Waals surface area contributed by atoms with Crippen LogP contribution in [0.5, 0.6) is 0 Å². The van der Waals surface area contributed by atoms with E-state index in [1.165, 1.54) is 0 Å². The lowest BCUT2D eigenvalue weighted by molar-refractivity contribution is -0.146. The summed E-state index contributed by atoms with van der Waals surface area (Å²) in [5, 5.41) is 0. The molecule has 1 atom stereocenters. The predicted octanol–water partition coefficient (Wildman–Crippen LogP) is 1.01. The van der Waals surface area contributed by atoms with Crippen LogP contribution in [0.2, 0.25) is 0 Å². The lowest BCUT2D eigenvalue weighted by Crippen LogP contribution is -2.58. The number of primary amides is 1. The van der Waals surface area contributed by atoms with Gasteiger partial charge in [0.2, 0.25) is 5.91 Å². The van der Waals surface area contributed by atoms with Crippen molar-refractivity contribution in [3.05, 3.63) is 30.3 Å². The highest BCUT2D eigenvalue weighted by molar-refractivity contribution is 5.95. The van der Waals surface area contributed by atoms with E-state index in [0.29, 0.717) is 19.0 Å². The number of nitrogens with zero attached hydrogens (tertiary/aromatic N) is 2. The molecule has 1 aromatic carbocycles. The van der Waals surface area contributed by atoms with Crippen molar-refractivity contribution < 1.29 is 14.3 Å². The molecular formula is C18H25N3O3. The number of hydrogen-bond donors (Lipinski definition) is 1. The maximum absolute atomic E-state index is 12.3. The molecular weight excluding hydrogens is 306 g/mol. The zero-order chi connectivity index (χ0) is 17.2. The first kappa shape index (κ1) is 16.9. The van der Waals surface area contributed by atoms with Crippen molar-refractivity contribution in [3.63, 3.8) is 0 Å². The third-order valence-corrected chi connectivity index (χ3v) is 5.20. The summed E-state index contributed by atoms with van der Waals surface area (Å²) in [6.07, 6.45) is 1.89. The van der Waals surface area contributed by atoms with E-state index in [2.05, 4.69) is 11.8 Å². The van der Waals surface area contributed by atoms with Crippen molar-refractivity contribution in [2.75, 3.05) is 37.7 Å². The van der Waals surface area contributed by atoms with Crippen molar-refractivity contribution >= 4 is 17.5 Å². The fourth-order valence-corrected chi connectivity index (χ4v) is 3.76. The van der Waals surface area contributed by atoms with Crippen molar-refractivity contribution in [2.45, 2.75) is 25.4 Å². The Morgan fingerprint density at radius 3 is 2.58 bits per heavy atom. The Morgan fingerprint density at radius 2 is 1.96 bits per heavy atom. The van der Waals surface area contributed by atoms with Gasteiger partial charge in [-0.05, 0) is 50.9 Å². The number of carbonyl (C=O) groups is 2. The molecule has 2 aliphatic rings. The topological polar surface area (TPSA) is 75.9 Å². The van der Waals surface area contributed by atoms with Crippen LogP contribution in [0.3, 0.4) is 0 Å². The number of carbonyl (C=O) groups excluding carboxylic acids is 2. The molecule has 0 bridgehead atoms. The van der Waals surface area contributed by atoms with Gasteiger partial charge in [-0.3, -0.25) is 14.5 Å². The number of morpholine rings is 1. The van der Waals surface area contributed by atoms with E-state index in [0.717, 1.165) is 31.6 Å². The van der Waals surface area contributed by atoms with Crippen LogP contribution in [-0.2, 0) is 14.3 Å². The molecule has 3 rings (SSSR count). The Hall–Kier alpha value is -1.92. The summed E-state index contributed by atoms with van der Waals surface area (Å²) in [6, 6.07) is 9.75. The van der Waals surface area contributed by atoms with Crippen LogP contribution in [0.25, 0.3) is 0 Å². The molecule has 1 aromatic rings. The van der Waals surface area contributed by atoms with E-state index in [1.807, 2.05) is 35.2 Å². The third-order valence-electron chi connectivity index (χ3n) is 5.20. The second kappa shape index (κ2) is 6.91.